The molecule has 5 heteroatoms. The van der Waals surface area contributed by atoms with E-state index in [0.29, 0.717) is 23.6 Å². The monoisotopic (exact) mass is 299 g/mol. The van der Waals surface area contributed by atoms with Crippen molar-refractivity contribution in [1.29, 1.82) is 0 Å². The molecule has 0 aliphatic carbocycles. The van der Waals surface area contributed by atoms with E-state index in [1.807, 2.05) is 0 Å². The van der Waals surface area contributed by atoms with Gasteiger partial charge in [-0.25, -0.2) is 0 Å². The van der Waals surface area contributed by atoms with Gasteiger partial charge >= 0.3 is 6.18 Å². The normalized spacial score (nSPS) is 11.4. The van der Waals surface area contributed by atoms with Gasteiger partial charge in [0.2, 0.25) is 0 Å². The second kappa shape index (κ2) is 6.18. The summed E-state index contributed by atoms with van der Waals surface area (Å²) in [6, 6.07) is 12.7. The summed E-state index contributed by atoms with van der Waals surface area (Å²) in [6.45, 7) is 0.425. The summed E-state index contributed by atoms with van der Waals surface area (Å²) >= 11 is 5.76. The van der Waals surface area contributed by atoms with Crippen LogP contribution in [-0.2, 0) is 12.6 Å². The quantitative estimate of drug-likeness (QED) is 0.836. The van der Waals surface area contributed by atoms with E-state index in [1.165, 1.54) is 12.1 Å². The van der Waals surface area contributed by atoms with Crippen molar-refractivity contribution in [3.8, 4) is 0 Å². The zero-order valence-corrected chi connectivity index (χ0v) is 11.3. The average Bonchev–Trinajstić information content (AvgIpc) is 2.40. The van der Waals surface area contributed by atoms with E-state index >= 15 is 0 Å². The molecule has 0 aliphatic heterocycles. The molecular formula is C15H13ClF3N. The summed E-state index contributed by atoms with van der Waals surface area (Å²) in [5, 5.41) is 3.70. The van der Waals surface area contributed by atoms with Gasteiger partial charge in [0.1, 0.15) is 0 Å². The molecule has 0 atom stereocenters. The van der Waals surface area contributed by atoms with Gasteiger partial charge in [-0.2, -0.15) is 13.2 Å². The molecular weight excluding hydrogens is 287 g/mol. The van der Waals surface area contributed by atoms with Crippen molar-refractivity contribution < 1.29 is 13.2 Å². The van der Waals surface area contributed by atoms with Gasteiger partial charge in [-0.05, 0) is 42.3 Å². The number of hydrogen-bond donors (Lipinski definition) is 1. The molecule has 20 heavy (non-hydrogen) atoms. The van der Waals surface area contributed by atoms with Gasteiger partial charge in [-0.1, -0.05) is 29.8 Å². The maximum Gasteiger partial charge on any atom is 0.416 e. The predicted octanol–water partition coefficient (Wildman–Crippen LogP) is 5.01. The fourth-order valence-corrected chi connectivity index (χ4v) is 2.05. The minimum atomic E-state index is -4.31. The van der Waals surface area contributed by atoms with Crippen LogP contribution in [0.2, 0.25) is 5.02 Å². The van der Waals surface area contributed by atoms with Crippen LogP contribution in [0.5, 0.6) is 0 Å². The first-order chi connectivity index (χ1) is 9.47. The highest BCUT2D eigenvalue weighted by Gasteiger charge is 2.32. The number of anilines is 1. The molecule has 0 spiro atoms. The van der Waals surface area contributed by atoms with Crippen LogP contribution < -0.4 is 5.32 Å². The maximum atomic E-state index is 12.8. The molecule has 0 fully saturated rings. The van der Waals surface area contributed by atoms with Gasteiger partial charge in [-0.3, -0.25) is 0 Å². The molecule has 0 saturated carbocycles. The molecule has 106 valence electrons. The van der Waals surface area contributed by atoms with Crippen LogP contribution in [0.3, 0.4) is 0 Å². The van der Waals surface area contributed by atoms with Crippen molar-refractivity contribution in [2.75, 3.05) is 11.9 Å². The molecule has 0 radical (unpaired) electrons. The van der Waals surface area contributed by atoms with E-state index in [2.05, 4.69) is 5.32 Å². The van der Waals surface area contributed by atoms with Crippen molar-refractivity contribution in [2.24, 2.45) is 0 Å². The summed E-state index contributed by atoms with van der Waals surface area (Å²) in [5.74, 6) is 0. The van der Waals surface area contributed by atoms with Gasteiger partial charge in [0.15, 0.2) is 0 Å². The highest BCUT2D eigenvalue weighted by atomic mass is 35.5. The lowest BCUT2D eigenvalue weighted by atomic mass is 10.0. The summed E-state index contributed by atoms with van der Waals surface area (Å²) in [4.78, 5) is 0. The van der Waals surface area contributed by atoms with Crippen LogP contribution in [0.15, 0.2) is 48.5 Å². The number of nitrogens with one attached hydrogen (secondary N) is 1. The molecule has 0 aliphatic rings. The van der Waals surface area contributed by atoms with Gasteiger partial charge in [0.25, 0.3) is 0 Å². The summed E-state index contributed by atoms with van der Waals surface area (Å²) in [6.07, 6.45) is -4.00. The van der Waals surface area contributed by atoms with Gasteiger partial charge in [-0.15, -0.1) is 0 Å². The third kappa shape index (κ3) is 3.90. The molecule has 0 amide bonds. The third-order valence-electron chi connectivity index (χ3n) is 2.89. The SMILES string of the molecule is FC(F)(F)c1ccccc1CCNc1ccc(Cl)cc1. The molecule has 0 aromatic heterocycles. The van der Waals surface area contributed by atoms with Gasteiger partial charge in [0.05, 0.1) is 5.56 Å². The first-order valence-corrected chi connectivity index (χ1v) is 6.49. The number of benzene rings is 2. The van der Waals surface area contributed by atoms with Crippen LogP contribution in [0.4, 0.5) is 18.9 Å². The highest BCUT2D eigenvalue weighted by molar-refractivity contribution is 6.30. The number of halogens is 4. The summed E-state index contributed by atoms with van der Waals surface area (Å²) in [7, 11) is 0. The Bertz CT molecular complexity index is 564. The van der Waals surface area contributed by atoms with Crippen molar-refractivity contribution in [3.63, 3.8) is 0 Å². The molecule has 1 nitrogen and oxygen atoms in total. The van der Waals surface area contributed by atoms with E-state index in [0.717, 1.165) is 11.8 Å². The first kappa shape index (κ1) is 14.7. The van der Waals surface area contributed by atoms with Gasteiger partial charge in [0, 0.05) is 17.3 Å². The first-order valence-electron chi connectivity index (χ1n) is 6.11. The van der Waals surface area contributed by atoms with Crippen molar-refractivity contribution >= 4 is 17.3 Å². The molecule has 2 rings (SSSR count). The number of rotatable bonds is 4. The third-order valence-corrected chi connectivity index (χ3v) is 3.14. The Morgan fingerprint density at radius 3 is 2.25 bits per heavy atom. The number of hydrogen-bond acceptors (Lipinski definition) is 1. The topological polar surface area (TPSA) is 12.0 Å². The van der Waals surface area contributed by atoms with Crippen molar-refractivity contribution in [3.05, 3.63) is 64.7 Å². The zero-order valence-electron chi connectivity index (χ0n) is 10.5. The van der Waals surface area contributed by atoms with Crippen LogP contribution >= 0.6 is 11.6 Å². The fourth-order valence-electron chi connectivity index (χ4n) is 1.92. The predicted molar refractivity (Wildman–Crippen MR) is 75.1 cm³/mol. The molecule has 0 heterocycles. The van der Waals surface area contributed by atoms with E-state index in [9.17, 15) is 13.2 Å². The van der Waals surface area contributed by atoms with E-state index in [-0.39, 0.29) is 0 Å². The van der Waals surface area contributed by atoms with E-state index in [4.69, 9.17) is 11.6 Å². The smallest absolute Gasteiger partial charge is 0.385 e. The summed E-state index contributed by atoms with van der Waals surface area (Å²) < 4.78 is 38.4. The Kier molecular flexibility index (Phi) is 4.55. The molecule has 0 unspecified atom stereocenters. The highest BCUT2D eigenvalue weighted by Crippen LogP contribution is 2.32. The standard InChI is InChI=1S/C15H13ClF3N/c16-12-5-7-13(8-6-12)20-10-9-11-3-1-2-4-14(11)15(17,18)19/h1-8,20H,9-10H2. The Hall–Kier alpha value is -1.68. The molecule has 1 N–H and O–H groups in total. The lowest BCUT2D eigenvalue weighted by molar-refractivity contribution is -0.138. The zero-order chi connectivity index (χ0) is 14.6. The fraction of sp³-hybridized carbons (Fsp3) is 0.200. The minimum absolute atomic E-state index is 0.293. The van der Waals surface area contributed by atoms with Gasteiger partial charge < -0.3 is 5.32 Å². The van der Waals surface area contributed by atoms with Crippen LogP contribution in [-0.4, -0.2) is 6.54 Å². The van der Waals surface area contributed by atoms with Crippen LogP contribution in [0, 0.1) is 0 Å². The molecule has 2 aromatic rings. The molecule has 0 saturated heterocycles. The lowest BCUT2D eigenvalue weighted by Gasteiger charge is -2.13. The van der Waals surface area contributed by atoms with Crippen molar-refractivity contribution in [1.82, 2.24) is 0 Å². The molecule has 0 bridgehead atoms. The Balaban J connectivity index is 1.99. The second-order valence-corrected chi connectivity index (χ2v) is 4.78. The average molecular weight is 300 g/mol. The lowest BCUT2D eigenvalue weighted by Crippen LogP contribution is -2.12. The van der Waals surface area contributed by atoms with E-state index in [1.54, 1.807) is 30.3 Å². The Morgan fingerprint density at radius 1 is 0.950 bits per heavy atom. The number of alkyl halides is 3. The van der Waals surface area contributed by atoms with Crippen molar-refractivity contribution in [2.45, 2.75) is 12.6 Å². The minimum Gasteiger partial charge on any atom is -0.385 e. The molecule has 2 aromatic carbocycles. The van der Waals surface area contributed by atoms with E-state index < -0.39 is 11.7 Å². The maximum absolute atomic E-state index is 12.8. The largest absolute Gasteiger partial charge is 0.416 e. The Labute approximate surface area is 120 Å². The second-order valence-electron chi connectivity index (χ2n) is 4.34. The van der Waals surface area contributed by atoms with Crippen LogP contribution in [0.25, 0.3) is 0 Å². The summed E-state index contributed by atoms with van der Waals surface area (Å²) in [5.41, 5.74) is 0.554. The Morgan fingerprint density at radius 2 is 1.60 bits per heavy atom. The van der Waals surface area contributed by atoms with Crippen LogP contribution in [0.1, 0.15) is 11.1 Å².